The van der Waals surface area contributed by atoms with Crippen LogP contribution in [-0.2, 0) is 20.6 Å². The number of benzene rings is 1. The summed E-state index contributed by atoms with van der Waals surface area (Å²) in [5, 5.41) is 3.98. The number of halogens is 1. The number of unbranched alkanes of at least 4 members (excludes halogenated alkanes) is 3. The van der Waals surface area contributed by atoms with E-state index in [1.165, 1.54) is 24.5 Å². The van der Waals surface area contributed by atoms with Crippen molar-refractivity contribution in [3.05, 3.63) is 55.7 Å². The lowest BCUT2D eigenvalue weighted by Crippen LogP contribution is -2.37. The third kappa shape index (κ3) is 3.99. The predicted molar refractivity (Wildman–Crippen MR) is 113 cm³/mol. The Kier molecular flexibility index (Phi) is 6.24. The Morgan fingerprint density at radius 3 is 2.61 bits per heavy atom. The zero-order valence-corrected chi connectivity index (χ0v) is 17.3. The first-order valence-electron chi connectivity index (χ1n) is 9.58. The highest BCUT2D eigenvalue weighted by Gasteiger charge is 2.19. The van der Waals surface area contributed by atoms with Crippen molar-refractivity contribution in [2.45, 2.75) is 39.2 Å². The molecule has 2 aromatic heterocycles. The second kappa shape index (κ2) is 8.65. The van der Waals surface area contributed by atoms with E-state index in [1.54, 1.807) is 7.05 Å². The van der Waals surface area contributed by atoms with Gasteiger partial charge in [-0.25, -0.2) is 4.79 Å². The fourth-order valence-corrected chi connectivity index (χ4v) is 3.52. The molecule has 0 aliphatic heterocycles. The van der Waals surface area contributed by atoms with Crippen molar-refractivity contribution in [1.82, 2.24) is 18.7 Å². The van der Waals surface area contributed by atoms with E-state index < -0.39 is 0 Å². The number of nitrogens with one attached hydrogen (secondary N) is 1. The van der Waals surface area contributed by atoms with E-state index >= 15 is 0 Å². The fraction of sp³-hybridized carbons (Fsp3) is 0.450. The number of fused-ring (bicyclic) bond motifs is 1. The van der Waals surface area contributed by atoms with Gasteiger partial charge in [0.1, 0.15) is 0 Å². The van der Waals surface area contributed by atoms with Crippen LogP contribution in [0, 0.1) is 0 Å². The largest absolute Gasteiger partial charge is 0.356 e. The van der Waals surface area contributed by atoms with Crippen molar-refractivity contribution in [1.29, 1.82) is 0 Å². The summed E-state index contributed by atoms with van der Waals surface area (Å²) in [5.41, 5.74) is 0.995. The van der Waals surface area contributed by atoms with Crippen LogP contribution >= 0.6 is 11.6 Å². The van der Waals surface area contributed by atoms with E-state index in [2.05, 4.69) is 17.2 Å². The lowest BCUT2D eigenvalue weighted by atomic mass is 10.2. The van der Waals surface area contributed by atoms with Gasteiger partial charge in [-0.3, -0.25) is 18.5 Å². The molecule has 2 heterocycles. The van der Waals surface area contributed by atoms with Crippen LogP contribution in [0.15, 0.2) is 33.9 Å². The maximum Gasteiger partial charge on any atom is 0.332 e. The number of rotatable bonds is 8. The van der Waals surface area contributed by atoms with E-state index in [1.807, 2.05) is 28.8 Å². The minimum atomic E-state index is -0.389. The molecule has 0 aliphatic rings. The lowest BCUT2D eigenvalue weighted by molar-refractivity contribution is 0.680. The summed E-state index contributed by atoms with van der Waals surface area (Å²) in [6, 6.07) is 7.51. The van der Waals surface area contributed by atoms with E-state index in [0.717, 1.165) is 29.5 Å². The Morgan fingerprint density at radius 2 is 1.89 bits per heavy atom. The molecule has 0 aliphatic carbocycles. The number of hydrogen-bond donors (Lipinski definition) is 1. The Hall–Kier alpha value is -2.54. The summed E-state index contributed by atoms with van der Waals surface area (Å²) >= 11 is 6.13. The molecule has 3 rings (SSSR count). The maximum absolute atomic E-state index is 12.8. The van der Waals surface area contributed by atoms with Crippen LogP contribution in [0.1, 0.15) is 38.2 Å². The van der Waals surface area contributed by atoms with Gasteiger partial charge in [-0.2, -0.15) is 4.98 Å². The Morgan fingerprint density at radius 1 is 1.11 bits per heavy atom. The molecular formula is C20H26ClN5O2. The topological polar surface area (TPSA) is 73.8 Å². The Balaban J connectivity index is 2.07. The van der Waals surface area contributed by atoms with Crippen LogP contribution in [0.2, 0.25) is 5.02 Å². The van der Waals surface area contributed by atoms with E-state index in [-0.39, 0.29) is 11.2 Å². The molecule has 0 saturated carbocycles. The molecule has 0 saturated heterocycles. The predicted octanol–water partition coefficient (Wildman–Crippen LogP) is 3.13. The normalized spacial score (nSPS) is 11.3. The molecule has 0 bridgehead atoms. The van der Waals surface area contributed by atoms with Crippen molar-refractivity contribution >= 4 is 28.7 Å². The van der Waals surface area contributed by atoms with Gasteiger partial charge < -0.3 is 5.32 Å². The number of nitrogens with zero attached hydrogens (tertiary/aromatic N) is 4. The molecule has 0 radical (unpaired) electrons. The number of hydrogen-bond acceptors (Lipinski definition) is 4. The minimum absolute atomic E-state index is 0.355. The van der Waals surface area contributed by atoms with Gasteiger partial charge in [0.05, 0.1) is 6.54 Å². The molecule has 0 atom stereocenters. The van der Waals surface area contributed by atoms with Crippen molar-refractivity contribution < 1.29 is 0 Å². The third-order valence-corrected chi connectivity index (χ3v) is 5.13. The molecule has 0 spiro atoms. The molecule has 0 amide bonds. The second-order valence-corrected chi connectivity index (χ2v) is 7.45. The highest BCUT2D eigenvalue weighted by molar-refractivity contribution is 6.30. The Bertz CT molecular complexity index is 1100. The Labute approximate surface area is 168 Å². The van der Waals surface area contributed by atoms with Gasteiger partial charge in [-0.15, -0.1) is 0 Å². The van der Waals surface area contributed by atoms with Crippen molar-refractivity contribution in [3.8, 4) is 0 Å². The van der Waals surface area contributed by atoms with Crippen LogP contribution < -0.4 is 16.6 Å². The number of aromatic nitrogens is 4. The summed E-state index contributed by atoms with van der Waals surface area (Å²) in [6.45, 7) is 3.36. The van der Waals surface area contributed by atoms with Gasteiger partial charge >= 0.3 is 5.69 Å². The smallest absolute Gasteiger partial charge is 0.332 e. The molecule has 0 fully saturated rings. The number of imidazole rings is 1. The summed E-state index contributed by atoms with van der Waals surface area (Å²) in [5.74, 6) is 0.588. The van der Waals surface area contributed by atoms with Crippen LogP contribution in [0.25, 0.3) is 11.2 Å². The summed E-state index contributed by atoms with van der Waals surface area (Å²) in [6.07, 6.45) is 4.52. The zero-order valence-electron chi connectivity index (χ0n) is 16.5. The number of anilines is 1. The first-order chi connectivity index (χ1) is 13.4. The van der Waals surface area contributed by atoms with E-state index in [4.69, 9.17) is 11.6 Å². The molecular weight excluding hydrogens is 378 g/mol. The van der Waals surface area contributed by atoms with Gasteiger partial charge in [-0.05, 0) is 24.1 Å². The molecule has 0 unspecified atom stereocenters. The lowest BCUT2D eigenvalue weighted by Gasteiger charge is -2.11. The van der Waals surface area contributed by atoms with E-state index in [9.17, 15) is 9.59 Å². The molecule has 3 aromatic rings. The maximum atomic E-state index is 12.8. The van der Waals surface area contributed by atoms with Crippen molar-refractivity contribution in [2.75, 3.05) is 11.9 Å². The SMILES string of the molecule is CCCCCCNc1nc2c(c(=O)n(C)c(=O)n2C)n1Cc1cccc(Cl)c1. The molecule has 8 heteroatoms. The van der Waals surface area contributed by atoms with Gasteiger partial charge in [0.2, 0.25) is 5.95 Å². The van der Waals surface area contributed by atoms with Crippen LogP contribution in [0.3, 0.4) is 0 Å². The molecule has 1 N–H and O–H groups in total. The standard InChI is InChI=1S/C20H26ClN5O2/c1-4-5-6-7-11-22-19-23-17-16(18(27)25(3)20(28)24(17)2)26(19)13-14-9-8-10-15(21)12-14/h8-10,12H,4-7,11,13H2,1-3H3,(H,22,23). The second-order valence-electron chi connectivity index (χ2n) is 7.02. The van der Waals surface area contributed by atoms with Crippen LogP contribution in [-0.4, -0.2) is 25.2 Å². The van der Waals surface area contributed by atoms with Gasteiger partial charge in [0.15, 0.2) is 11.2 Å². The molecule has 150 valence electrons. The number of aryl methyl sites for hydroxylation is 1. The van der Waals surface area contributed by atoms with Crippen LogP contribution in [0.5, 0.6) is 0 Å². The van der Waals surface area contributed by atoms with E-state index in [0.29, 0.717) is 28.7 Å². The molecule has 1 aromatic carbocycles. The van der Waals surface area contributed by atoms with Gasteiger partial charge in [-0.1, -0.05) is 49.9 Å². The first kappa shape index (κ1) is 20.2. The highest BCUT2D eigenvalue weighted by atomic mass is 35.5. The molecule has 7 nitrogen and oxygen atoms in total. The highest BCUT2D eigenvalue weighted by Crippen LogP contribution is 2.19. The summed E-state index contributed by atoms with van der Waals surface area (Å²) < 4.78 is 4.36. The minimum Gasteiger partial charge on any atom is -0.356 e. The fourth-order valence-electron chi connectivity index (χ4n) is 3.31. The quantitative estimate of drug-likeness (QED) is 0.586. The first-order valence-corrected chi connectivity index (χ1v) is 9.96. The zero-order chi connectivity index (χ0) is 20.3. The summed E-state index contributed by atoms with van der Waals surface area (Å²) in [7, 11) is 3.12. The van der Waals surface area contributed by atoms with Crippen molar-refractivity contribution in [2.24, 2.45) is 14.1 Å². The average Bonchev–Trinajstić information content (AvgIpc) is 3.03. The summed E-state index contributed by atoms with van der Waals surface area (Å²) in [4.78, 5) is 29.7. The van der Waals surface area contributed by atoms with Gasteiger partial charge in [0, 0.05) is 25.7 Å². The monoisotopic (exact) mass is 403 g/mol. The average molecular weight is 404 g/mol. The van der Waals surface area contributed by atoms with Gasteiger partial charge in [0.25, 0.3) is 5.56 Å². The molecule has 28 heavy (non-hydrogen) atoms. The van der Waals surface area contributed by atoms with Crippen molar-refractivity contribution in [3.63, 3.8) is 0 Å². The third-order valence-electron chi connectivity index (χ3n) is 4.89. The van der Waals surface area contributed by atoms with Crippen LogP contribution in [0.4, 0.5) is 5.95 Å².